The number of pyridine rings is 2. The summed E-state index contributed by atoms with van der Waals surface area (Å²) in [5.41, 5.74) is 6.69. The number of hydrogen-bond donors (Lipinski definition) is 0. The highest BCUT2D eigenvalue weighted by atomic mass is 79.9. The van der Waals surface area contributed by atoms with Crippen LogP contribution in [0.4, 0.5) is 0 Å². The molecule has 0 fully saturated rings. The predicted octanol–water partition coefficient (Wildman–Crippen LogP) is -0.922. The topological polar surface area (TPSA) is 50.9 Å². The van der Waals surface area contributed by atoms with Crippen molar-refractivity contribution in [2.45, 2.75) is 46.6 Å². The van der Waals surface area contributed by atoms with Crippen LogP contribution in [0.25, 0.3) is 0 Å². The molecule has 0 aliphatic rings. The van der Waals surface area contributed by atoms with Crippen molar-refractivity contribution in [3.05, 3.63) is 131 Å². The molecule has 2 heterocycles. The van der Waals surface area contributed by atoms with E-state index in [1.165, 1.54) is 11.1 Å². The van der Waals surface area contributed by atoms with Crippen molar-refractivity contribution in [2.24, 2.45) is 10.3 Å². The molecule has 0 unspecified atom stereocenters. The van der Waals surface area contributed by atoms with Crippen LogP contribution in [0.15, 0.2) is 108 Å². The first-order valence-corrected chi connectivity index (χ1v) is 12.5. The fourth-order valence-corrected chi connectivity index (χ4v) is 3.87. The summed E-state index contributed by atoms with van der Waals surface area (Å²) in [4.78, 5) is 10.9. The van der Waals surface area contributed by atoms with E-state index < -0.39 is 0 Å². The van der Waals surface area contributed by atoms with Gasteiger partial charge in [-0.15, -0.1) is 0 Å². The van der Waals surface area contributed by atoms with Crippen molar-refractivity contribution in [1.29, 1.82) is 0 Å². The summed E-state index contributed by atoms with van der Waals surface area (Å²) >= 11 is 0. The minimum Gasteiger partial charge on any atom is -1.00 e. The summed E-state index contributed by atoms with van der Waals surface area (Å²) in [6.07, 6.45) is 12.8. The minimum atomic E-state index is 0. The van der Waals surface area contributed by atoms with Crippen molar-refractivity contribution in [3.8, 4) is 0 Å². The number of hydrogen-bond acceptors (Lipinski definition) is 4. The van der Waals surface area contributed by atoms with Gasteiger partial charge < -0.3 is 43.6 Å². The fourth-order valence-electron chi connectivity index (χ4n) is 3.87. The van der Waals surface area contributed by atoms with E-state index in [9.17, 15) is 0 Å². The van der Waals surface area contributed by atoms with Crippen LogP contribution in [0.2, 0.25) is 0 Å². The van der Waals surface area contributed by atoms with E-state index >= 15 is 0 Å². The molecule has 0 saturated carbocycles. The summed E-state index contributed by atoms with van der Waals surface area (Å²) in [5, 5.41) is 8.18. The van der Waals surface area contributed by atoms with Gasteiger partial charge in [0.1, 0.15) is 13.2 Å². The van der Waals surface area contributed by atoms with Crippen LogP contribution in [0.3, 0.4) is 0 Å². The second kappa shape index (κ2) is 17.3. The largest absolute Gasteiger partial charge is 1.00 e. The standard InChI is InChI=1S/C31H34N4O2.2BrH/c1-26-6-3-8-30(20-26)24-36-32-22-28-10-16-34(17-11-28)14-5-15-35-18-12-29(13-19-35)23-33-37-25-31-9-4-7-27(2)21-31;;/h3-4,6-13,16-23H,5,14-15,24-25H2,1-2H3;2*1H/q+2;;/p-2/b32-22+,33-23+;;. The first-order chi connectivity index (χ1) is 18.1. The van der Waals surface area contributed by atoms with Crippen LogP contribution in [0.5, 0.6) is 0 Å². The van der Waals surface area contributed by atoms with E-state index in [1.807, 2.05) is 48.5 Å². The molecule has 8 heteroatoms. The Balaban J connectivity index is 0.00000267. The number of nitrogens with zero attached hydrogens (tertiary/aromatic N) is 4. The Bertz CT molecular complexity index is 1220. The lowest BCUT2D eigenvalue weighted by Gasteiger charge is -2.01. The molecule has 0 radical (unpaired) electrons. The van der Waals surface area contributed by atoms with Crippen LogP contribution in [-0.4, -0.2) is 12.4 Å². The molecule has 0 saturated heterocycles. The van der Waals surface area contributed by atoms with Gasteiger partial charge in [-0.3, -0.25) is 0 Å². The van der Waals surface area contributed by atoms with Crippen molar-refractivity contribution < 1.29 is 52.8 Å². The summed E-state index contributed by atoms with van der Waals surface area (Å²) in [6, 6.07) is 24.7. The molecule has 4 rings (SSSR count). The van der Waals surface area contributed by atoms with Crippen LogP contribution >= 0.6 is 0 Å². The zero-order chi connectivity index (χ0) is 25.7. The van der Waals surface area contributed by atoms with Crippen LogP contribution in [0, 0.1) is 13.8 Å². The molecule has 0 spiro atoms. The molecule has 2 aromatic heterocycles. The summed E-state index contributed by atoms with van der Waals surface area (Å²) in [6.45, 7) is 6.95. The van der Waals surface area contributed by atoms with Crippen molar-refractivity contribution >= 4 is 12.4 Å². The smallest absolute Gasteiger partial charge is 0.169 e. The Morgan fingerprint density at radius 2 is 1.03 bits per heavy atom. The summed E-state index contributed by atoms with van der Waals surface area (Å²) in [5.74, 6) is 0. The van der Waals surface area contributed by atoms with Gasteiger partial charge in [-0.1, -0.05) is 70.0 Å². The molecule has 4 aromatic rings. The van der Waals surface area contributed by atoms with Gasteiger partial charge in [-0.05, 0) is 25.0 Å². The lowest BCUT2D eigenvalue weighted by atomic mass is 10.1. The SMILES string of the molecule is Cc1cccc(CO/N=C/c2cc[n+](CCC[n+]3ccc(/C=N/OCc4cccc(C)c4)cc3)cc2)c1.[Br-].[Br-]. The molecular formula is C31H34Br2N4O2. The first-order valence-electron chi connectivity index (χ1n) is 12.5. The molecule has 0 aliphatic heterocycles. The molecule has 2 aromatic carbocycles. The minimum absolute atomic E-state index is 0. The number of benzene rings is 2. The van der Waals surface area contributed by atoms with Gasteiger partial charge >= 0.3 is 0 Å². The zero-order valence-electron chi connectivity index (χ0n) is 22.3. The Morgan fingerprint density at radius 3 is 1.41 bits per heavy atom. The van der Waals surface area contributed by atoms with Crippen molar-refractivity contribution in [2.75, 3.05) is 0 Å². The second-order valence-electron chi connectivity index (χ2n) is 9.09. The quantitative estimate of drug-likeness (QED) is 0.113. The van der Waals surface area contributed by atoms with Gasteiger partial charge in [-0.2, -0.15) is 0 Å². The summed E-state index contributed by atoms with van der Waals surface area (Å²) < 4.78 is 4.36. The van der Waals surface area contributed by atoms with Gasteiger partial charge in [0, 0.05) is 35.4 Å². The highest BCUT2D eigenvalue weighted by molar-refractivity contribution is 5.78. The third kappa shape index (κ3) is 11.5. The van der Waals surface area contributed by atoms with E-state index in [1.54, 1.807) is 12.4 Å². The van der Waals surface area contributed by atoms with Crippen LogP contribution in [0.1, 0.15) is 39.8 Å². The molecule has 0 atom stereocenters. The maximum absolute atomic E-state index is 5.43. The monoisotopic (exact) mass is 652 g/mol. The first kappa shape index (κ1) is 31.9. The Hall–Kier alpha value is -3.36. The van der Waals surface area contributed by atoms with Gasteiger partial charge in [0.25, 0.3) is 0 Å². The van der Waals surface area contributed by atoms with Crippen molar-refractivity contribution in [3.63, 3.8) is 0 Å². The Labute approximate surface area is 252 Å². The number of aryl methyl sites for hydroxylation is 4. The average Bonchev–Trinajstić information content (AvgIpc) is 2.91. The number of halogens is 2. The molecule has 0 amide bonds. The zero-order valence-corrected chi connectivity index (χ0v) is 25.5. The van der Waals surface area contributed by atoms with E-state index in [4.69, 9.17) is 9.68 Å². The van der Waals surface area contributed by atoms with Gasteiger partial charge in [0.05, 0.1) is 18.9 Å². The third-order valence-electron chi connectivity index (χ3n) is 5.85. The third-order valence-corrected chi connectivity index (χ3v) is 5.85. The normalized spacial score (nSPS) is 10.7. The lowest BCUT2D eigenvalue weighted by molar-refractivity contribution is -0.726. The van der Waals surface area contributed by atoms with Crippen LogP contribution in [-0.2, 0) is 36.0 Å². The average molecular weight is 654 g/mol. The maximum atomic E-state index is 5.43. The highest BCUT2D eigenvalue weighted by Crippen LogP contribution is 2.06. The highest BCUT2D eigenvalue weighted by Gasteiger charge is 2.05. The molecule has 0 N–H and O–H groups in total. The van der Waals surface area contributed by atoms with E-state index in [2.05, 4.69) is 82.3 Å². The molecule has 39 heavy (non-hydrogen) atoms. The Kier molecular flexibility index (Phi) is 14.1. The lowest BCUT2D eigenvalue weighted by Crippen LogP contribution is -3.00. The molecule has 204 valence electrons. The second-order valence-corrected chi connectivity index (χ2v) is 9.09. The molecule has 6 nitrogen and oxygen atoms in total. The van der Waals surface area contributed by atoms with E-state index in [0.717, 1.165) is 41.8 Å². The van der Waals surface area contributed by atoms with Crippen molar-refractivity contribution in [1.82, 2.24) is 0 Å². The predicted molar refractivity (Wildman–Crippen MR) is 145 cm³/mol. The number of rotatable bonds is 12. The van der Waals surface area contributed by atoms with Crippen LogP contribution < -0.4 is 43.1 Å². The maximum Gasteiger partial charge on any atom is 0.169 e. The molecule has 0 bridgehead atoms. The number of aromatic nitrogens is 2. The number of oxime groups is 2. The van der Waals surface area contributed by atoms with Gasteiger partial charge in [-0.25, -0.2) is 9.13 Å². The Morgan fingerprint density at radius 1 is 0.615 bits per heavy atom. The molecule has 0 aliphatic carbocycles. The van der Waals surface area contributed by atoms with Gasteiger partial charge in [0.15, 0.2) is 37.9 Å². The fraction of sp³-hybridized carbons (Fsp3) is 0.226. The van der Waals surface area contributed by atoms with Gasteiger partial charge in [0.2, 0.25) is 0 Å². The van der Waals surface area contributed by atoms with E-state index in [-0.39, 0.29) is 34.0 Å². The molecular weight excluding hydrogens is 620 g/mol. The summed E-state index contributed by atoms with van der Waals surface area (Å²) in [7, 11) is 0. The van der Waals surface area contributed by atoms with E-state index in [0.29, 0.717) is 13.2 Å².